The van der Waals surface area contributed by atoms with Gasteiger partial charge in [0.05, 0.1) is 0 Å². The minimum Gasteiger partial charge on any atom is -0.306 e. The molecule has 0 spiro atoms. The highest BCUT2D eigenvalue weighted by atomic mass is 15.1. The normalized spacial score (nSPS) is 11.7. The second kappa shape index (κ2) is 34.0. The van der Waals surface area contributed by atoms with E-state index in [4.69, 9.17) is 0 Å². The van der Waals surface area contributed by atoms with Crippen LogP contribution in [0.3, 0.4) is 0 Å². The van der Waals surface area contributed by atoms with E-state index in [1.165, 1.54) is 212 Å². The average Bonchev–Trinajstić information content (AvgIpc) is 2.90. The zero-order chi connectivity index (χ0) is 26.9. The highest BCUT2D eigenvalue weighted by Crippen LogP contribution is 2.15. The molecule has 0 heterocycles. The largest absolute Gasteiger partial charge is 0.306 e. The van der Waals surface area contributed by atoms with Gasteiger partial charge in [-0.2, -0.15) is 0 Å². The van der Waals surface area contributed by atoms with Crippen LogP contribution in [0.2, 0.25) is 0 Å². The Morgan fingerprint density at radius 1 is 0.243 bits per heavy atom. The monoisotopic (exact) mass is 522 g/mol. The average molecular weight is 522 g/mol. The van der Waals surface area contributed by atoms with Crippen molar-refractivity contribution in [1.29, 1.82) is 0 Å². The van der Waals surface area contributed by atoms with Crippen LogP contribution in [-0.2, 0) is 0 Å². The van der Waals surface area contributed by atoms with Gasteiger partial charge in [0.25, 0.3) is 0 Å². The summed E-state index contributed by atoms with van der Waals surface area (Å²) in [6, 6.07) is 0. The lowest BCUT2D eigenvalue weighted by Crippen LogP contribution is -2.20. The van der Waals surface area contributed by atoms with Crippen LogP contribution in [0.25, 0.3) is 0 Å². The fourth-order valence-electron chi connectivity index (χ4n) is 5.79. The van der Waals surface area contributed by atoms with Gasteiger partial charge in [0.2, 0.25) is 0 Å². The molecule has 1 nitrogen and oxygen atoms in total. The second-order valence-corrected chi connectivity index (χ2v) is 12.6. The standard InChI is InChI=1S/C36H75N/c1-4-6-8-10-12-14-16-18-20-21-22-24-26-28-30-32-34-36-37(3)35-33-31-29-27-25-23-19-17-15-13-11-9-7-5-2/h4-36H2,1-3H3. The third-order valence-corrected chi connectivity index (χ3v) is 8.54. The molecule has 0 saturated heterocycles. The molecule has 0 saturated carbocycles. The molecule has 0 aromatic rings. The van der Waals surface area contributed by atoms with E-state index < -0.39 is 0 Å². The van der Waals surface area contributed by atoms with Crippen LogP contribution in [-0.4, -0.2) is 25.0 Å². The molecular weight excluding hydrogens is 446 g/mol. The number of rotatable bonds is 33. The molecule has 0 aromatic carbocycles. The Bertz CT molecular complexity index is 379. The Kier molecular flexibility index (Phi) is 34.0. The van der Waals surface area contributed by atoms with Gasteiger partial charge in [-0.25, -0.2) is 0 Å². The third-order valence-electron chi connectivity index (χ3n) is 8.54. The molecule has 0 fully saturated rings. The second-order valence-electron chi connectivity index (χ2n) is 12.6. The molecular formula is C36H75N. The van der Waals surface area contributed by atoms with Crippen LogP contribution in [0.4, 0.5) is 0 Å². The molecule has 0 N–H and O–H groups in total. The molecule has 0 atom stereocenters. The van der Waals surface area contributed by atoms with Crippen molar-refractivity contribution in [3.8, 4) is 0 Å². The first kappa shape index (κ1) is 37.0. The van der Waals surface area contributed by atoms with Gasteiger partial charge in [-0.15, -0.1) is 0 Å². The highest BCUT2D eigenvalue weighted by Gasteiger charge is 2.00. The van der Waals surface area contributed by atoms with Gasteiger partial charge in [-0.1, -0.05) is 200 Å². The van der Waals surface area contributed by atoms with Crippen molar-refractivity contribution in [2.24, 2.45) is 0 Å². The van der Waals surface area contributed by atoms with Crippen molar-refractivity contribution in [3.63, 3.8) is 0 Å². The van der Waals surface area contributed by atoms with Crippen molar-refractivity contribution < 1.29 is 0 Å². The van der Waals surface area contributed by atoms with E-state index >= 15 is 0 Å². The first-order valence-electron chi connectivity index (χ1n) is 18.0. The molecule has 0 aliphatic rings. The maximum absolute atomic E-state index is 2.59. The predicted octanol–water partition coefficient (Wildman–Crippen LogP) is 13.1. The van der Waals surface area contributed by atoms with E-state index in [0.29, 0.717) is 0 Å². The molecule has 0 radical (unpaired) electrons. The van der Waals surface area contributed by atoms with E-state index in [1.807, 2.05) is 0 Å². The minimum atomic E-state index is 1.32. The zero-order valence-electron chi connectivity index (χ0n) is 26.8. The van der Waals surface area contributed by atoms with Crippen LogP contribution in [0.1, 0.15) is 213 Å². The molecule has 0 unspecified atom stereocenters. The topological polar surface area (TPSA) is 3.24 Å². The molecule has 0 aromatic heterocycles. The maximum Gasteiger partial charge on any atom is -0.00218 e. The lowest BCUT2D eigenvalue weighted by molar-refractivity contribution is 0.314. The Morgan fingerprint density at radius 3 is 0.595 bits per heavy atom. The van der Waals surface area contributed by atoms with Crippen molar-refractivity contribution in [1.82, 2.24) is 4.90 Å². The quantitative estimate of drug-likeness (QED) is 0.0776. The van der Waals surface area contributed by atoms with Crippen LogP contribution in [0.15, 0.2) is 0 Å². The smallest absolute Gasteiger partial charge is 0.00218 e. The predicted molar refractivity (Wildman–Crippen MR) is 172 cm³/mol. The van der Waals surface area contributed by atoms with E-state index in [-0.39, 0.29) is 0 Å². The molecule has 0 aliphatic heterocycles. The van der Waals surface area contributed by atoms with Gasteiger partial charge in [0.1, 0.15) is 0 Å². The van der Waals surface area contributed by atoms with E-state index in [9.17, 15) is 0 Å². The van der Waals surface area contributed by atoms with E-state index in [0.717, 1.165) is 0 Å². The summed E-state index contributed by atoms with van der Waals surface area (Å²) in [7, 11) is 2.34. The first-order valence-corrected chi connectivity index (χ1v) is 18.0. The SMILES string of the molecule is CCCCCCCCCCCCCCCCCCCN(C)CCCCCCCCCCCCCCCC. The summed E-state index contributed by atoms with van der Waals surface area (Å²) in [5.41, 5.74) is 0. The summed E-state index contributed by atoms with van der Waals surface area (Å²) in [6.07, 6.45) is 45.3. The number of nitrogens with zero attached hydrogens (tertiary/aromatic N) is 1. The Hall–Kier alpha value is -0.0400. The summed E-state index contributed by atoms with van der Waals surface area (Å²) in [6.45, 7) is 7.25. The van der Waals surface area contributed by atoms with Crippen LogP contribution in [0.5, 0.6) is 0 Å². The van der Waals surface area contributed by atoms with Gasteiger partial charge in [0, 0.05) is 0 Å². The Labute approximate surface area is 237 Å². The summed E-state index contributed by atoms with van der Waals surface area (Å²) in [4.78, 5) is 2.59. The lowest BCUT2D eigenvalue weighted by Gasteiger charge is -2.16. The summed E-state index contributed by atoms with van der Waals surface area (Å²) >= 11 is 0. The summed E-state index contributed by atoms with van der Waals surface area (Å²) in [5.74, 6) is 0. The van der Waals surface area contributed by atoms with Gasteiger partial charge >= 0.3 is 0 Å². The molecule has 0 bridgehead atoms. The molecule has 0 amide bonds. The van der Waals surface area contributed by atoms with Crippen molar-refractivity contribution in [3.05, 3.63) is 0 Å². The van der Waals surface area contributed by atoms with Gasteiger partial charge < -0.3 is 4.90 Å². The van der Waals surface area contributed by atoms with E-state index in [2.05, 4.69) is 25.8 Å². The fourth-order valence-corrected chi connectivity index (χ4v) is 5.79. The summed E-state index contributed by atoms with van der Waals surface area (Å²) < 4.78 is 0. The van der Waals surface area contributed by atoms with Crippen molar-refractivity contribution >= 4 is 0 Å². The molecule has 37 heavy (non-hydrogen) atoms. The number of hydrogen-bond donors (Lipinski definition) is 0. The molecule has 0 rings (SSSR count). The first-order chi connectivity index (χ1) is 18.3. The van der Waals surface area contributed by atoms with Gasteiger partial charge in [-0.3, -0.25) is 0 Å². The zero-order valence-corrected chi connectivity index (χ0v) is 26.8. The molecule has 224 valence electrons. The maximum atomic E-state index is 2.59. The van der Waals surface area contributed by atoms with Gasteiger partial charge in [0.15, 0.2) is 0 Å². The minimum absolute atomic E-state index is 1.32. The van der Waals surface area contributed by atoms with Crippen LogP contribution < -0.4 is 0 Å². The van der Waals surface area contributed by atoms with Crippen molar-refractivity contribution in [2.45, 2.75) is 213 Å². The van der Waals surface area contributed by atoms with Crippen LogP contribution >= 0.6 is 0 Å². The summed E-state index contributed by atoms with van der Waals surface area (Å²) in [5, 5.41) is 0. The Balaban J connectivity index is 3.13. The lowest BCUT2D eigenvalue weighted by atomic mass is 10.0. The highest BCUT2D eigenvalue weighted by molar-refractivity contribution is 4.55. The Morgan fingerprint density at radius 2 is 0.405 bits per heavy atom. The third kappa shape index (κ3) is 33.9. The number of unbranched alkanes of at least 4 members (excludes halogenated alkanes) is 29. The molecule has 1 heteroatoms. The van der Waals surface area contributed by atoms with Crippen LogP contribution in [0, 0.1) is 0 Å². The van der Waals surface area contributed by atoms with E-state index in [1.54, 1.807) is 0 Å². The van der Waals surface area contributed by atoms with Gasteiger partial charge in [-0.05, 0) is 33.0 Å². The van der Waals surface area contributed by atoms with Crippen molar-refractivity contribution in [2.75, 3.05) is 20.1 Å². The molecule has 0 aliphatic carbocycles. The fraction of sp³-hybridized carbons (Fsp3) is 1.00. The number of hydrogen-bond acceptors (Lipinski definition) is 1.